The van der Waals surface area contributed by atoms with Crippen LogP contribution in [0.4, 0.5) is 0 Å². The zero-order chi connectivity index (χ0) is 16.9. The maximum Gasteiger partial charge on any atom is 0.321 e. The van der Waals surface area contributed by atoms with Crippen molar-refractivity contribution in [1.82, 2.24) is 5.32 Å². The number of fused-ring (bicyclic) bond motifs is 1. The minimum Gasteiger partial charge on any atom is -0.480 e. The monoisotopic (exact) mass is 308 g/mol. The number of aliphatic carboxylic acids is 2. The van der Waals surface area contributed by atoms with Crippen LogP contribution < -0.4 is 11.1 Å². The maximum atomic E-state index is 10.7. The van der Waals surface area contributed by atoms with Gasteiger partial charge in [0.25, 0.3) is 0 Å². The van der Waals surface area contributed by atoms with E-state index in [0.29, 0.717) is 13.0 Å². The smallest absolute Gasteiger partial charge is 0.321 e. The van der Waals surface area contributed by atoms with Gasteiger partial charge in [0, 0.05) is 6.54 Å². The Morgan fingerprint density at radius 1 is 1.23 bits per heavy atom. The predicted octanol–water partition coefficient (Wildman–Crippen LogP) is 1.23. The molecule has 5 N–H and O–H groups in total. The van der Waals surface area contributed by atoms with Gasteiger partial charge in [-0.2, -0.15) is 0 Å². The van der Waals surface area contributed by atoms with Crippen molar-refractivity contribution in [2.45, 2.75) is 45.8 Å². The van der Waals surface area contributed by atoms with Crippen molar-refractivity contribution >= 4 is 11.9 Å². The highest BCUT2D eigenvalue weighted by Gasteiger charge is 2.26. The van der Waals surface area contributed by atoms with Crippen LogP contribution in [-0.4, -0.2) is 34.2 Å². The van der Waals surface area contributed by atoms with Crippen LogP contribution in [-0.2, 0) is 22.6 Å². The van der Waals surface area contributed by atoms with E-state index in [1.54, 1.807) is 20.8 Å². The van der Waals surface area contributed by atoms with Crippen LogP contribution in [0.2, 0.25) is 0 Å². The lowest BCUT2D eigenvalue weighted by Crippen LogP contribution is -2.41. The number of carboxylic acids is 2. The Hall–Kier alpha value is -1.92. The number of nitrogens with one attached hydrogen (secondary N) is 1. The molecule has 0 aromatic heterocycles. The molecular formula is C16H24N2O4. The molecular weight excluding hydrogens is 284 g/mol. The molecule has 2 atom stereocenters. The van der Waals surface area contributed by atoms with Gasteiger partial charge < -0.3 is 21.3 Å². The second-order valence-corrected chi connectivity index (χ2v) is 6.43. The average Bonchev–Trinajstić information content (AvgIpc) is 2.45. The molecule has 0 spiro atoms. The van der Waals surface area contributed by atoms with Gasteiger partial charge in [-0.3, -0.25) is 9.59 Å². The molecule has 0 saturated heterocycles. The fraction of sp³-hybridized carbons (Fsp3) is 0.500. The molecule has 0 radical (unpaired) electrons. The normalized spacial score (nSPS) is 18.5. The highest BCUT2D eigenvalue weighted by molar-refractivity contribution is 5.74. The van der Waals surface area contributed by atoms with Crippen molar-refractivity contribution in [3.8, 4) is 0 Å². The van der Waals surface area contributed by atoms with E-state index in [-0.39, 0.29) is 5.41 Å². The topological polar surface area (TPSA) is 113 Å². The number of rotatable bonds is 2. The van der Waals surface area contributed by atoms with Crippen LogP contribution in [0, 0.1) is 5.41 Å². The summed E-state index contributed by atoms with van der Waals surface area (Å²) in [7, 11) is 0. The lowest BCUT2D eigenvalue weighted by atomic mass is 9.88. The second kappa shape index (κ2) is 7.38. The molecule has 2 rings (SSSR count). The van der Waals surface area contributed by atoms with Gasteiger partial charge in [-0.05, 0) is 23.0 Å². The van der Waals surface area contributed by atoms with Crippen LogP contribution in [0.3, 0.4) is 0 Å². The van der Waals surface area contributed by atoms with Gasteiger partial charge in [-0.1, -0.05) is 45.0 Å². The van der Waals surface area contributed by atoms with Crippen molar-refractivity contribution in [1.29, 1.82) is 0 Å². The van der Waals surface area contributed by atoms with E-state index in [1.165, 1.54) is 5.56 Å². The lowest BCUT2D eigenvalue weighted by Gasteiger charge is -2.22. The predicted molar refractivity (Wildman–Crippen MR) is 83.5 cm³/mol. The van der Waals surface area contributed by atoms with E-state index in [9.17, 15) is 9.59 Å². The Balaban J connectivity index is 0.000000239. The zero-order valence-corrected chi connectivity index (χ0v) is 13.2. The minimum atomic E-state index is -0.942. The molecule has 122 valence electrons. The number of hydrogen-bond donors (Lipinski definition) is 4. The Bertz CT molecular complexity index is 537. The highest BCUT2D eigenvalue weighted by Crippen LogP contribution is 2.17. The summed E-state index contributed by atoms with van der Waals surface area (Å²) in [5.74, 6) is -1.71. The molecule has 1 aliphatic heterocycles. The van der Waals surface area contributed by atoms with Gasteiger partial charge in [0.2, 0.25) is 0 Å². The Kier molecular flexibility index (Phi) is 6.08. The minimum absolute atomic E-state index is 0.341. The van der Waals surface area contributed by atoms with E-state index in [4.69, 9.17) is 15.9 Å². The van der Waals surface area contributed by atoms with E-state index in [0.717, 1.165) is 5.56 Å². The van der Waals surface area contributed by atoms with Crippen molar-refractivity contribution < 1.29 is 19.8 Å². The van der Waals surface area contributed by atoms with Crippen molar-refractivity contribution in [3.05, 3.63) is 35.4 Å². The summed E-state index contributed by atoms with van der Waals surface area (Å²) in [4.78, 5) is 20.9. The van der Waals surface area contributed by atoms with Crippen LogP contribution >= 0.6 is 0 Å². The van der Waals surface area contributed by atoms with Crippen LogP contribution in [0.5, 0.6) is 0 Å². The summed E-state index contributed by atoms with van der Waals surface area (Å²) < 4.78 is 0. The SMILES string of the molecule is CC(C)(C)[C@H](N)C(=O)O.O=C(O)C1Cc2ccccc2CN1. The Labute approximate surface area is 130 Å². The van der Waals surface area contributed by atoms with Gasteiger partial charge >= 0.3 is 11.9 Å². The molecule has 1 aromatic rings. The maximum absolute atomic E-state index is 10.7. The largest absolute Gasteiger partial charge is 0.480 e. The standard InChI is InChI=1S/C10H11NO2.C6H13NO2/c12-10(13)9-5-7-3-1-2-4-8(7)6-11-9;1-6(2,3)4(7)5(8)9/h1-4,9,11H,5-6H2,(H,12,13);4H,7H2,1-3H3,(H,8,9)/t;4-/m.1/s1. The van der Waals surface area contributed by atoms with Gasteiger partial charge in [-0.15, -0.1) is 0 Å². The van der Waals surface area contributed by atoms with Crippen molar-refractivity contribution in [2.75, 3.05) is 0 Å². The third kappa shape index (κ3) is 5.13. The van der Waals surface area contributed by atoms with Gasteiger partial charge in [0.1, 0.15) is 12.1 Å². The van der Waals surface area contributed by atoms with Crippen molar-refractivity contribution in [3.63, 3.8) is 0 Å². The molecule has 0 aliphatic carbocycles. The highest BCUT2D eigenvalue weighted by atomic mass is 16.4. The molecule has 0 bridgehead atoms. The van der Waals surface area contributed by atoms with Gasteiger partial charge in [0.05, 0.1) is 0 Å². The molecule has 0 saturated carbocycles. The fourth-order valence-corrected chi connectivity index (χ4v) is 2.00. The van der Waals surface area contributed by atoms with Crippen LogP contribution in [0.25, 0.3) is 0 Å². The second-order valence-electron chi connectivity index (χ2n) is 6.43. The molecule has 0 amide bonds. The first-order valence-corrected chi connectivity index (χ1v) is 7.14. The van der Waals surface area contributed by atoms with Crippen molar-refractivity contribution in [2.24, 2.45) is 11.1 Å². The molecule has 6 heteroatoms. The van der Waals surface area contributed by atoms with Gasteiger partial charge in [0.15, 0.2) is 0 Å². The number of benzene rings is 1. The van der Waals surface area contributed by atoms with Crippen LogP contribution in [0.15, 0.2) is 24.3 Å². The Morgan fingerprint density at radius 2 is 1.77 bits per heavy atom. The summed E-state index contributed by atoms with van der Waals surface area (Å²) in [6.45, 7) is 6.05. The summed E-state index contributed by atoms with van der Waals surface area (Å²) in [5.41, 5.74) is 7.31. The van der Waals surface area contributed by atoms with E-state index in [1.807, 2.05) is 24.3 Å². The fourth-order valence-electron chi connectivity index (χ4n) is 2.00. The molecule has 0 fully saturated rings. The first kappa shape index (κ1) is 18.1. The Morgan fingerprint density at radius 3 is 2.18 bits per heavy atom. The molecule has 1 aliphatic rings. The number of carboxylic acid groups (broad SMARTS) is 2. The molecule has 1 heterocycles. The van der Waals surface area contributed by atoms with E-state index >= 15 is 0 Å². The number of nitrogens with two attached hydrogens (primary N) is 1. The number of hydrogen-bond acceptors (Lipinski definition) is 4. The first-order chi connectivity index (χ1) is 10.1. The number of carbonyl (C=O) groups is 2. The molecule has 1 aromatic carbocycles. The molecule has 1 unspecified atom stereocenters. The summed E-state index contributed by atoms with van der Waals surface area (Å²) in [6.07, 6.45) is 0.589. The summed E-state index contributed by atoms with van der Waals surface area (Å²) >= 11 is 0. The first-order valence-electron chi connectivity index (χ1n) is 7.14. The third-order valence-electron chi connectivity index (χ3n) is 3.58. The zero-order valence-electron chi connectivity index (χ0n) is 13.2. The lowest BCUT2D eigenvalue weighted by molar-refractivity contribution is -0.141. The van der Waals surface area contributed by atoms with E-state index < -0.39 is 24.0 Å². The summed E-state index contributed by atoms with van der Waals surface area (Å²) in [6, 6.07) is 6.75. The quantitative estimate of drug-likeness (QED) is 0.653. The third-order valence-corrected chi connectivity index (χ3v) is 3.58. The average molecular weight is 308 g/mol. The van der Waals surface area contributed by atoms with Gasteiger partial charge in [-0.25, -0.2) is 0 Å². The molecule has 22 heavy (non-hydrogen) atoms. The molecule has 6 nitrogen and oxygen atoms in total. The van der Waals surface area contributed by atoms with Crippen LogP contribution in [0.1, 0.15) is 31.9 Å². The van der Waals surface area contributed by atoms with E-state index in [2.05, 4.69) is 5.32 Å². The summed E-state index contributed by atoms with van der Waals surface area (Å²) in [5, 5.41) is 20.2.